The van der Waals surface area contributed by atoms with E-state index in [1.807, 2.05) is 0 Å². The summed E-state index contributed by atoms with van der Waals surface area (Å²) in [5.41, 5.74) is 5.33. The zero-order chi connectivity index (χ0) is 15.1. The number of hydrogen-bond acceptors (Lipinski definition) is 9. The molecule has 1 fully saturated rings. The summed E-state index contributed by atoms with van der Waals surface area (Å²) in [6.07, 6.45) is -2.78. The molecule has 1 aliphatic rings. The van der Waals surface area contributed by atoms with Gasteiger partial charge in [-0.25, -0.2) is 15.0 Å². The molecule has 0 aromatic carbocycles. The molecule has 21 heavy (non-hydrogen) atoms. The maximum absolute atomic E-state index is 12.0. The van der Waals surface area contributed by atoms with Crippen molar-refractivity contribution >= 4 is 17.0 Å². The van der Waals surface area contributed by atoms with Crippen molar-refractivity contribution in [3.8, 4) is 0 Å². The predicted octanol–water partition coefficient (Wildman–Crippen LogP) is -2.62. The molecular formula is C11H13N5O5. The van der Waals surface area contributed by atoms with Gasteiger partial charge in [-0.3, -0.25) is 9.36 Å². The molecule has 0 aliphatic carbocycles. The van der Waals surface area contributed by atoms with Gasteiger partial charge in [-0.05, 0) is 0 Å². The van der Waals surface area contributed by atoms with Crippen molar-refractivity contribution in [2.75, 3.05) is 12.3 Å². The van der Waals surface area contributed by atoms with Gasteiger partial charge >= 0.3 is 0 Å². The molecule has 3 heterocycles. The smallest absolute Gasteiger partial charge is 0.272 e. The third kappa shape index (κ3) is 2.05. The third-order valence-corrected chi connectivity index (χ3v) is 3.37. The van der Waals surface area contributed by atoms with E-state index < -0.39 is 36.7 Å². The summed E-state index contributed by atoms with van der Waals surface area (Å²) in [5, 5.41) is 28.9. The van der Waals surface area contributed by atoms with Crippen LogP contribution in [0.25, 0.3) is 11.2 Å². The van der Waals surface area contributed by atoms with E-state index in [9.17, 15) is 15.0 Å². The molecule has 4 unspecified atom stereocenters. The Morgan fingerprint density at radius 3 is 2.71 bits per heavy atom. The summed E-state index contributed by atoms with van der Waals surface area (Å²) >= 11 is 0. The second-order valence-electron chi connectivity index (χ2n) is 4.63. The van der Waals surface area contributed by atoms with Gasteiger partial charge < -0.3 is 25.8 Å². The second kappa shape index (κ2) is 5.00. The molecule has 5 N–H and O–H groups in total. The Morgan fingerprint density at radius 1 is 1.29 bits per heavy atom. The Balaban J connectivity index is 2.19. The van der Waals surface area contributed by atoms with Gasteiger partial charge in [0.15, 0.2) is 17.7 Å². The van der Waals surface area contributed by atoms with Crippen LogP contribution in [0.5, 0.6) is 0 Å². The van der Waals surface area contributed by atoms with Gasteiger partial charge in [0.05, 0.1) is 12.8 Å². The molecule has 0 spiro atoms. The van der Waals surface area contributed by atoms with Crippen molar-refractivity contribution in [1.29, 1.82) is 0 Å². The van der Waals surface area contributed by atoms with Gasteiger partial charge in [-0.15, -0.1) is 0 Å². The van der Waals surface area contributed by atoms with Crippen molar-refractivity contribution in [2.45, 2.75) is 24.5 Å². The quantitative estimate of drug-likeness (QED) is 0.465. The maximum Gasteiger partial charge on any atom is 0.272 e. The average Bonchev–Trinajstić information content (AvgIpc) is 2.75. The number of hydrogen-bond donors (Lipinski definition) is 4. The highest BCUT2D eigenvalue weighted by Gasteiger charge is 2.44. The lowest BCUT2D eigenvalue weighted by Crippen LogP contribution is -2.35. The molecule has 0 radical (unpaired) electrons. The fourth-order valence-electron chi connectivity index (χ4n) is 2.31. The van der Waals surface area contributed by atoms with E-state index in [1.165, 1.54) is 0 Å². The number of nitrogens with zero attached hydrogens (tertiary/aromatic N) is 4. The Labute approximate surface area is 117 Å². The summed E-state index contributed by atoms with van der Waals surface area (Å²) in [6, 6.07) is 0. The summed E-state index contributed by atoms with van der Waals surface area (Å²) in [5.74, 6) is 0.0699. The van der Waals surface area contributed by atoms with Crippen LogP contribution in [-0.2, 0) is 4.74 Å². The molecule has 4 atom stereocenters. The zero-order valence-corrected chi connectivity index (χ0v) is 10.7. The molecule has 3 rings (SSSR count). The molecule has 1 aliphatic heterocycles. The van der Waals surface area contributed by atoms with E-state index in [1.54, 1.807) is 0 Å². The number of aliphatic hydroxyl groups is 3. The van der Waals surface area contributed by atoms with Crippen LogP contribution < -0.4 is 11.3 Å². The maximum atomic E-state index is 12.0. The van der Waals surface area contributed by atoms with Crippen LogP contribution in [0.1, 0.15) is 6.23 Å². The lowest BCUT2D eigenvalue weighted by molar-refractivity contribution is -0.0525. The van der Waals surface area contributed by atoms with E-state index in [-0.39, 0.29) is 17.0 Å². The minimum absolute atomic E-state index is 0.0699. The Bertz CT molecular complexity index is 735. The number of nitrogen functional groups attached to an aromatic ring is 1. The lowest BCUT2D eigenvalue weighted by Gasteiger charge is -2.18. The molecule has 0 saturated carbocycles. The van der Waals surface area contributed by atoms with Crippen LogP contribution in [0.3, 0.4) is 0 Å². The van der Waals surface area contributed by atoms with Gasteiger partial charge in [0.2, 0.25) is 0 Å². The Hall–Kier alpha value is -2.14. The Morgan fingerprint density at radius 2 is 2.05 bits per heavy atom. The molecule has 112 valence electrons. The molecular weight excluding hydrogens is 282 g/mol. The largest absolute Gasteiger partial charge is 0.394 e. The average molecular weight is 295 g/mol. The summed E-state index contributed by atoms with van der Waals surface area (Å²) < 4.78 is 6.37. The number of anilines is 1. The van der Waals surface area contributed by atoms with Gasteiger partial charge in [0, 0.05) is 0 Å². The molecule has 10 heteroatoms. The third-order valence-electron chi connectivity index (χ3n) is 3.37. The number of aliphatic hydroxyl groups excluding tert-OH is 3. The first-order valence-electron chi connectivity index (χ1n) is 6.14. The van der Waals surface area contributed by atoms with Crippen LogP contribution >= 0.6 is 0 Å². The topological polar surface area (TPSA) is 157 Å². The van der Waals surface area contributed by atoms with Crippen LogP contribution in [0.2, 0.25) is 0 Å². The normalized spacial score (nSPS) is 29.1. The minimum Gasteiger partial charge on any atom is -0.394 e. The first-order chi connectivity index (χ1) is 10.0. The predicted molar refractivity (Wildman–Crippen MR) is 69.0 cm³/mol. The highest BCUT2D eigenvalue weighted by atomic mass is 16.6. The molecule has 2 aromatic heterocycles. The van der Waals surface area contributed by atoms with Gasteiger partial charge in [-0.2, -0.15) is 0 Å². The zero-order valence-electron chi connectivity index (χ0n) is 10.7. The van der Waals surface area contributed by atoms with Crippen LogP contribution in [0.4, 0.5) is 5.82 Å². The molecule has 0 amide bonds. The number of aromatic nitrogens is 4. The highest BCUT2D eigenvalue weighted by Crippen LogP contribution is 2.29. The van der Waals surface area contributed by atoms with Crippen molar-refractivity contribution in [3.05, 3.63) is 22.9 Å². The fraction of sp³-hybridized carbons (Fsp3) is 0.455. The minimum atomic E-state index is -1.40. The van der Waals surface area contributed by atoms with E-state index in [0.29, 0.717) is 0 Å². The molecule has 10 nitrogen and oxygen atoms in total. The van der Waals surface area contributed by atoms with Crippen LogP contribution in [0.15, 0.2) is 17.3 Å². The van der Waals surface area contributed by atoms with E-state index in [2.05, 4.69) is 15.0 Å². The number of ether oxygens (including phenoxy) is 1. The van der Waals surface area contributed by atoms with Crippen molar-refractivity contribution in [3.63, 3.8) is 0 Å². The fourth-order valence-corrected chi connectivity index (χ4v) is 2.31. The monoisotopic (exact) mass is 295 g/mol. The van der Waals surface area contributed by atoms with Crippen molar-refractivity contribution < 1.29 is 20.1 Å². The summed E-state index contributed by atoms with van der Waals surface area (Å²) in [4.78, 5) is 23.6. The first kappa shape index (κ1) is 13.8. The van der Waals surface area contributed by atoms with E-state index >= 15 is 0 Å². The summed E-state index contributed by atoms with van der Waals surface area (Å²) in [7, 11) is 0. The second-order valence-corrected chi connectivity index (χ2v) is 4.63. The lowest BCUT2D eigenvalue weighted by atomic mass is 10.1. The van der Waals surface area contributed by atoms with Gasteiger partial charge in [-0.1, -0.05) is 0 Å². The Kier molecular flexibility index (Phi) is 3.29. The van der Waals surface area contributed by atoms with Gasteiger partial charge in [0.25, 0.3) is 5.56 Å². The summed E-state index contributed by atoms with van der Waals surface area (Å²) in [6.45, 7) is -0.496. The molecule has 0 bridgehead atoms. The number of rotatable bonds is 2. The van der Waals surface area contributed by atoms with E-state index in [0.717, 1.165) is 17.1 Å². The van der Waals surface area contributed by atoms with Crippen molar-refractivity contribution in [1.82, 2.24) is 19.5 Å². The van der Waals surface area contributed by atoms with E-state index in [4.69, 9.17) is 15.6 Å². The van der Waals surface area contributed by atoms with Crippen LogP contribution in [0, 0.1) is 0 Å². The molecule has 2 aromatic rings. The van der Waals surface area contributed by atoms with Gasteiger partial charge in [0.1, 0.15) is 30.2 Å². The first-order valence-corrected chi connectivity index (χ1v) is 6.14. The molecule has 1 saturated heterocycles. The SMILES string of the molecule is Nc1ncnc2c1ncc(=O)n2C1OC(CO)C(O)C1O. The highest BCUT2D eigenvalue weighted by molar-refractivity contribution is 5.80. The van der Waals surface area contributed by atoms with Crippen molar-refractivity contribution in [2.24, 2.45) is 0 Å². The van der Waals surface area contributed by atoms with Crippen LogP contribution in [-0.4, -0.2) is 59.8 Å². The number of nitrogens with two attached hydrogens (primary N) is 1. The standard InChI is InChI=1S/C11H13N5O5/c12-9-6-10(15-3-14-9)16(5(18)1-13-6)11-8(20)7(19)4(2-17)21-11/h1,3-4,7-8,11,17,19-20H,2H2,(H2,12,14,15). The number of fused-ring (bicyclic) bond motifs is 1.